The van der Waals surface area contributed by atoms with Crippen LogP contribution >= 0.6 is 27.7 Å². The zero-order chi connectivity index (χ0) is 10.5. The quantitative estimate of drug-likeness (QED) is 0.911. The fourth-order valence-electron chi connectivity index (χ4n) is 1.77. The lowest BCUT2D eigenvalue weighted by Crippen LogP contribution is -2.22. The first-order chi connectivity index (χ1) is 7.34. The molecular formula is C12H16BrNS. The highest BCUT2D eigenvalue weighted by Crippen LogP contribution is 2.22. The number of thioether (sulfide) groups is 1. The van der Waals surface area contributed by atoms with E-state index in [0.717, 1.165) is 16.9 Å². The molecule has 15 heavy (non-hydrogen) atoms. The highest BCUT2D eigenvalue weighted by atomic mass is 79.9. The van der Waals surface area contributed by atoms with E-state index in [0.29, 0.717) is 0 Å². The molecule has 0 radical (unpaired) electrons. The Morgan fingerprint density at radius 3 is 2.80 bits per heavy atom. The second-order valence-corrected chi connectivity index (χ2v) is 6.05. The van der Waals surface area contributed by atoms with Crippen LogP contribution < -0.4 is 5.32 Å². The summed E-state index contributed by atoms with van der Waals surface area (Å²) in [5.41, 5.74) is 1.36. The number of benzene rings is 1. The van der Waals surface area contributed by atoms with E-state index in [-0.39, 0.29) is 0 Å². The molecule has 3 heteroatoms. The molecule has 1 heterocycles. The first-order valence-electron chi connectivity index (χ1n) is 5.37. The van der Waals surface area contributed by atoms with Gasteiger partial charge in [-0.2, -0.15) is 11.8 Å². The maximum absolute atomic E-state index is 3.53. The third kappa shape index (κ3) is 3.82. The van der Waals surface area contributed by atoms with Crippen LogP contribution in [0.2, 0.25) is 0 Å². The summed E-state index contributed by atoms with van der Waals surface area (Å²) in [6.07, 6.45) is 1.39. The number of hydrogen-bond donors (Lipinski definition) is 1. The first kappa shape index (κ1) is 11.5. The Hall–Kier alpha value is 0.01000. The minimum atomic E-state index is 0.894. The van der Waals surface area contributed by atoms with Gasteiger partial charge in [0.2, 0.25) is 0 Å². The lowest BCUT2D eigenvalue weighted by molar-refractivity contribution is 0.523. The summed E-state index contributed by atoms with van der Waals surface area (Å²) >= 11 is 5.53. The molecule has 1 aliphatic rings. The summed E-state index contributed by atoms with van der Waals surface area (Å²) < 4.78 is 1.15. The van der Waals surface area contributed by atoms with Crippen molar-refractivity contribution < 1.29 is 0 Å². The maximum atomic E-state index is 3.53. The van der Waals surface area contributed by atoms with E-state index in [2.05, 4.69) is 57.3 Å². The zero-order valence-corrected chi connectivity index (χ0v) is 11.1. The summed E-state index contributed by atoms with van der Waals surface area (Å²) in [4.78, 5) is 0. The van der Waals surface area contributed by atoms with E-state index in [9.17, 15) is 0 Å². The highest BCUT2D eigenvalue weighted by molar-refractivity contribution is 9.10. The van der Waals surface area contributed by atoms with Gasteiger partial charge in [-0.15, -0.1) is 0 Å². The van der Waals surface area contributed by atoms with Gasteiger partial charge in [0.15, 0.2) is 0 Å². The smallest absolute Gasteiger partial charge is 0.0205 e. The summed E-state index contributed by atoms with van der Waals surface area (Å²) in [7, 11) is 0. The van der Waals surface area contributed by atoms with Crippen LogP contribution in [0.5, 0.6) is 0 Å². The van der Waals surface area contributed by atoms with Crippen LogP contribution in [-0.2, 0) is 6.54 Å². The predicted octanol–water partition coefficient (Wildman–Crippen LogP) is 3.29. The Balaban J connectivity index is 1.71. The number of nitrogens with one attached hydrogen (secondary N) is 1. The van der Waals surface area contributed by atoms with Gasteiger partial charge in [0.25, 0.3) is 0 Å². The summed E-state index contributed by atoms with van der Waals surface area (Å²) in [5.74, 6) is 3.59. The number of hydrogen-bond acceptors (Lipinski definition) is 2. The van der Waals surface area contributed by atoms with E-state index in [1.807, 2.05) is 0 Å². The predicted molar refractivity (Wildman–Crippen MR) is 71.3 cm³/mol. The third-order valence-corrected chi connectivity index (χ3v) is 4.46. The number of rotatable bonds is 4. The molecule has 0 bridgehead atoms. The van der Waals surface area contributed by atoms with Crippen LogP contribution in [0, 0.1) is 5.92 Å². The molecule has 1 fully saturated rings. The van der Waals surface area contributed by atoms with Crippen LogP contribution in [0.3, 0.4) is 0 Å². The van der Waals surface area contributed by atoms with E-state index in [1.54, 1.807) is 0 Å². The molecule has 1 aromatic carbocycles. The van der Waals surface area contributed by atoms with Crippen LogP contribution in [0.15, 0.2) is 28.7 Å². The van der Waals surface area contributed by atoms with Gasteiger partial charge >= 0.3 is 0 Å². The van der Waals surface area contributed by atoms with Gasteiger partial charge in [-0.05, 0) is 48.1 Å². The molecule has 1 nitrogen and oxygen atoms in total. The molecule has 1 aromatic rings. The fourth-order valence-corrected chi connectivity index (χ4v) is 3.32. The monoisotopic (exact) mass is 285 g/mol. The molecule has 1 atom stereocenters. The van der Waals surface area contributed by atoms with Crippen molar-refractivity contribution in [3.8, 4) is 0 Å². The lowest BCUT2D eigenvalue weighted by atomic mass is 10.1. The standard InChI is InChI=1S/C12H16BrNS/c13-12-3-1-10(2-4-12)7-14-8-11-5-6-15-9-11/h1-4,11,14H,5-9H2. The summed E-state index contributed by atoms with van der Waals surface area (Å²) in [5, 5.41) is 3.53. The SMILES string of the molecule is Brc1ccc(CNCC2CCSC2)cc1. The molecule has 1 unspecified atom stereocenters. The van der Waals surface area contributed by atoms with Crippen molar-refractivity contribution in [2.75, 3.05) is 18.1 Å². The normalized spacial score (nSPS) is 20.7. The van der Waals surface area contributed by atoms with Crippen LogP contribution in [0.25, 0.3) is 0 Å². The molecule has 0 amide bonds. The number of halogens is 1. The molecule has 0 aliphatic carbocycles. The molecule has 1 saturated heterocycles. The van der Waals surface area contributed by atoms with Crippen molar-refractivity contribution in [2.45, 2.75) is 13.0 Å². The van der Waals surface area contributed by atoms with Gasteiger partial charge in [0.05, 0.1) is 0 Å². The van der Waals surface area contributed by atoms with Crippen molar-refractivity contribution in [3.63, 3.8) is 0 Å². The molecule has 0 aromatic heterocycles. The second-order valence-electron chi connectivity index (χ2n) is 3.99. The van der Waals surface area contributed by atoms with Gasteiger partial charge in [-0.25, -0.2) is 0 Å². The van der Waals surface area contributed by atoms with E-state index >= 15 is 0 Å². The molecular weight excluding hydrogens is 270 g/mol. The maximum Gasteiger partial charge on any atom is 0.0205 e. The lowest BCUT2D eigenvalue weighted by Gasteiger charge is -2.09. The van der Waals surface area contributed by atoms with Gasteiger partial charge in [0.1, 0.15) is 0 Å². The Kier molecular flexibility index (Phi) is 4.54. The van der Waals surface area contributed by atoms with Crippen molar-refractivity contribution in [1.29, 1.82) is 0 Å². The minimum absolute atomic E-state index is 0.894. The summed E-state index contributed by atoms with van der Waals surface area (Å²) in [6.45, 7) is 2.16. The molecule has 1 aliphatic heterocycles. The average molecular weight is 286 g/mol. The Morgan fingerprint density at radius 1 is 1.33 bits per heavy atom. The van der Waals surface area contributed by atoms with E-state index in [1.165, 1.54) is 30.0 Å². The Morgan fingerprint density at radius 2 is 2.13 bits per heavy atom. The minimum Gasteiger partial charge on any atom is -0.312 e. The Labute approximate surface area is 104 Å². The molecule has 82 valence electrons. The fraction of sp³-hybridized carbons (Fsp3) is 0.500. The van der Waals surface area contributed by atoms with E-state index < -0.39 is 0 Å². The van der Waals surface area contributed by atoms with Gasteiger partial charge < -0.3 is 5.32 Å². The Bertz CT molecular complexity index is 293. The average Bonchev–Trinajstić information content (AvgIpc) is 2.74. The van der Waals surface area contributed by atoms with Gasteiger partial charge in [-0.1, -0.05) is 28.1 Å². The van der Waals surface area contributed by atoms with Crippen molar-refractivity contribution >= 4 is 27.7 Å². The molecule has 0 spiro atoms. The molecule has 2 rings (SSSR count). The van der Waals surface area contributed by atoms with Crippen LogP contribution in [-0.4, -0.2) is 18.1 Å². The van der Waals surface area contributed by atoms with Crippen molar-refractivity contribution in [3.05, 3.63) is 34.3 Å². The third-order valence-electron chi connectivity index (χ3n) is 2.70. The van der Waals surface area contributed by atoms with E-state index in [4.69, 9.17) is 0 Å². The largest absolute Gasteiger partial charge is 0.312 e. The van der Waals surface area contributed by atoms with Crippen LogP contribution in [0.4, 0.5) is 0 Å². The van der Waals surface area contributed by atoms with Crippen molar-refractivity contribution in [1.82, 2.24) is 5.32 Å². The molecule has 1 N–H and O–H groups in total. The zero-order valence-electron chi connectivity index (χ0n) is 8.71. The van der Waals surface area contributed by atoms with Crippen molar-refractivity contribution in [2.24, 2.45) is 5.92 Å². The van der Waals surface area contributed by atoms with Crippen LogP contribution in [0.1, 0.15) is 12.0 Å². The topological polar surface area (TPSA) is 12.0 Å². The summed E-state index contributed by atoms with van der Waals surface area (Å²) in [6, 6.07) is 8.53. The highest BCUT2D eigenvalue weighted by Gasteiger charge is 2.14. The first-order valence-corrected chi connectivity index (χ1v) is 7.32. The van der Waals surface area contributed by atoms with Gasteiger partial charge in [0, 0.05) is 11.0 Å². The second kappa shape index (κ2) is 5.92. The molecule has 0 saturated carbocycles. The van der Waals surface area contributed by atoms with Gasteiger partial charge in [-0.3, -0.25) is 0 Å².